The van der Waals surface area contributed by atoms with Gasteiger partial charge in [-0.2, -0.15) is 0 Å². The molecule has 2 N–H and O–H groups in total. The monoisotopic (exact) mass is 345 g/mol. The van der Waals surface area contributed by atoms with E-state index in [1.54, 1.807) is 6.20 Å². The number of likely N-dealkylation sites (tertiary alicyclic amines) is 1. The number of piperidine rings is 1. The van der Waals surface area contributed by atoms with Gasteiger partial charge in [0.1, 0.15) is 11.4 Å². The molecule has 0 radical (unpaired) electrons. The minimum absolute atomic E-state index is 0.171. The number of β-amino-alcohol motifs (C(OH)–C–C–N with tert-alkyl or cyclic N) is 1. The van der Waals surface area contributed by atoms with Gasteiger partial charge in [-0.15, -0.1) is 0 Å². The van der Waals surface area contributed by atoms with Gasteiger partial charge in [0, 0.05) is 32.0 Å². The van der Waals surface area contributed by atoms with Crippen LogP contribution in [0.1, 0.15) is 24.8 Å². The van der Waals surface area contributed by atoms with Crippen molar-refractivity contribution in [3.8, 4) is 5.75 Å². The fraction of sp³-hybridized carbons (Fsp3) is 0.526. The molecule has 6 heteroatoms. The molecule has 1 saturated heterocycles. The van der Waals surface area contributed by atoms with E-state index in [9.17, 15) is 10.2 Å². The molecule has 1 aliphatic rings. The lowest BCUT2D eigenvalue weighted by atomic mass is 9.93. The SMILES string of the molecule is OCC1(O)CCCN(Cc2ccc(OCCCn3ccnc3)cc2)C1. The summed E-state index contributed by atoms with van der Waals surface area (Å²) in [4.78, 5) is 6.21. The second-order valence-electron chi connectivity index (χ2n) is 6.84. The van der Waals surface area contributed by atoms with Crippen LogP contribution in [0, 0.1) is 0 Å². The maximum absolute atomic E-state index is 10.2. The maximum atomic E-state index is 10.2. The molecule has 6 nitrogen and oxygen atoms in total. The molecular formula is C19H27N3O3. The molecule has 1 aromatic carbocycles. The average molecular weight is 345 g/mol. The summed E-state index contributed by atoms with van der Waals surface area (Å²) in [6, 6.07) is 8.12. The van der Waals surface area contributed by atoms with E-state index in [4.69, 9.17) is 4.74 Å². The topological polar surface area (TPSA) is 70.8 Å². The summed E-state index contributed by atoms with van der Waals surface area (Å²) in [7, 11) is 0. The summed E-state index contributed by atoms with van der Waals surface area (Å²) < 4.78 is 7.82. The van der Waals surface area contributed by atoms with Gasteiger partial charge in [0.25, 0.3) is 0 Å². The molecule has 3 rings (SSSR count). The third-order valence-electron chi connectivity index (χ3n) is 4.65. The number of hydrogen-bond acceptors (Lipinski definition) is 5. The number of aryl methyl sites for hydroxylation is 1. The van der Waals surface area contributed by atoms with Crippen molar-refractivity contribution < 1.29 is 14.9 Å². The van der Waals surface area contributed by atoms with Crippen molar-refractivity contribution in [1.82, 2.24) is 14.5 Å². The Kier molecular flexibility index (Phi) is 6.07. The Morgan fingerprint density at radius 1 is 1.24 bits per heavy atom. The highest BCUT2D eigenvalue weighted by Gasteiger charge is 2.32. The van der Waals surface area contributed by atoms with Gasteiger partial charge in [-0.25, -0.2) is 4.98 Å². The smallest absolute Gasteiger partial charge is 0.119 e. The van der Waals surface area contributed by atoms with Crippen LogP contribution in [-0.2, 0) is 13.1 Å². The molecule has 1 unspecified atom stereocenters. The molecule has 0 amide bonds. The molecule has 2 heterocycles. The van der Waals surface area contributed by atoms with E-state index < -0.39 is 5.60 Å². The zero-order valence-corrected chi connectivity index (χ0v) is 14.5. The highest BCUT2D eigenvalue weighted by molar-refractivity contribution is 5.27. The Labute approximate surface area is 148 Å². The predicted octanol–water partition coefficient (Wildman–Crippen LogP) is 1.67. The Balaban J connectivity index is 1.42. The summed E-state index contributed by atoms with van der Waals surface area (Å²) in [5.74, 6) is 0.875. The van der Waals surface area contributed by atoms with Crippen molar-refractivity contribution in [2.45, 2.75) is 38.0 Å². The van der Waals surface area contributed by atoms with Gasteiger partial charge in [0.05, 0.1) is 19.5 Å². The Morgan fingerprint density at radius 3 is 2.80 bits per heavy atom. The molecule has 25 heavy (non-hydrogen) atoms. The summed E-state index contributed by atoms with van der Waals surface area (Å²) in [5.41, 5.74) is 0.240. The van der Waals surface area contributed by atoms with Gasteiger partial charge < -0.3 is 19.5 Å². The number of nitrogens with zero attached hydrogens (tertiary/aromatic N) is 3. The molecule has 0 bridgehead atoms. The maximum Gasteiger partial charge on any atom is 0.119 e. The van der Waals surface area contributed by atoms with E-state index in [1.165, 1.54) is 5.56 Å². The number of hydrogen-bond donors (Lipinski definition) is 2. The Hall–Kier alpha value is -1.89. The molecule has 1 atom stereocenters. The van der Waals surface area contributed by atoms with Gasteiger partial charge in [0.2, 0.25) is 0 Å². The fourth-order valence-electron chi connectivity index (χ4n) is 3.28. The van der Waals surface area contributed by atoms with Crippen LogP contribution < -0.4 is 4.74 Å². The lowest BCUT2D eigenvalue weighted by molar-refractivity contribution is -0.0687. The van der Waals surface area contributed by atoms with Gasteiger partial charge in [0.15, 0.2) is 0 Å². The largest absolute Gasteiger partial charge is 0.494 e. The second-order valence-corrected chi connectivity index (χ2v) is 6.84. The number of aliphatic hydroxyl groups is 2. The van der Waals surface area contributed by atoms with Crippen molar-refractivity contribution in [3.63, 3.8) is 0 Å². The van der Waals surface area contributed by atoms with Crippen LogP contribution in [0.3, 0.4) is 0 Å². The summed E-state index contributed by atoms with van der Waals surface area (Å²) in [5, 5.41) is 19.6. The zero-order valence-electron chi connectivity index (χ0n) is 14.5. The molecule has 2 aromatic rings. The minimum atomic E-state index is -0.948. The zero-order chi connectivity index (χ0) is 17.5. The third-order valence-corrected chi connectivity index (χ3v) is 4.65. The first-order valence-electron chi connectivity index (χ1n) is 8.90. The molecular weight excluding hydrogens is 318 g/mol. The second kappa shape index (κ2) is 8.47. The molecule has 1 aromatic heterocycles. The molecule has 0 spiro atoms. The van der Waals surface area contributed by atoms with Crippen molar-refractivity contribution in [1.29, 1.82) is 0 Å². The van der Waals surface area contributed by atoms with Crippen molar-refractivity contribution in [2.24, 2.45) is 0 Å². The first kappa shape index (κ1) is 17.9. The van der Waals surface area contributed by atoms with Crippen molar-refractivity contribution in [2.75, 3.05) is 26.3 Å². The van der Waals surface area contributed by atoms with Crippen molar-refractivity contribution >= 4 is 0 Å². The normalized spacial score (nSPS) is 21.4. The summed E-state index contributed by atoms with van der Waals surface area (Å²) in [6.45, 7) is 3.66. The first-order valence-corrected chi connectivity index (χ1v) is 8.90. The van der Waals surface area contributed by atoms with Crippen LogP contribution in [-0.4, -0.2) is 56.6 Å². The lowest BCUT2D eigenvalue weighted by Gasteiger charge is -2.38. The summed E-state index contributed by atoms with van der Waals surface area (Å²) >= 11 is 0. The van der Waals surface area contributed by atoms with Crippen LogP contribution in [0.2, 0.25) is 0 Å². The molecule has 0 saturated carbocycles. The van der Waals surface area contributed by atoms with E-state index in [1.807, 2.05) is 29.2 Å². The Bertz CT molecular complexity index is 630. The summed E-state index contributed by atoms with van der Waals surface area (Å²) in [6.07, 6.45) is 8.07. The number of benzene rings is 1. The van der Waals surface area contributed by atoms with Crippen LogP contribution in [0.4, 0.5) is 0 Å². The number of rotatable bonds is 8. The molecule has 0 aliphatic carbocycles. The van der Waals surface area contributed by atoms with E-state index in [-0.39, 0.29) is 6.61 Å². The highest BCUT2D eigenvalue weighted by Crippen LogP contribution is 2.22. The predicted molar refractivity (Wildman–Crippen MR) is 95.3 cm³/mol. The highest BCUT2D eigenvalue weighted by atomic mass is 16.5. The van der Waals surface area contributed by atoms with Crippen LogP contribution in [0.25, 0.3) is 0 Å². The average Bonchev–Trinajstić information content (AvgIpc) is 3.14. The van der Waals surface area contributed by atoms with E-state index in [2.05, 4.69) is 22.0 Å². The fourth-order valence-corrected chi connectivity index (χ4v) is 3.28. The van der Waals surface area contributed by atoms with Crippen LogP contribution in [0.5, 0.6) is 5.75 Å². The third kappa shape index (κ3) is 5.29. The standard InChI is InChI=1S/C19H27N3O3/c23-15-19(24)7-1-9-22(14-19)13-17-3-5-18(6-4-17)25-12-2-10-21-11-8-20-16-21/h3-6,8,11,16,23-24H,1-2,7,9-10,12-15H2. The van der Waals surface area contributed by atoms with Crippen molar-refractivity contribution in [3.05, 3.63) is 48.5 Å². The Morgan fingerprint density at radius 2 is 2.08 bits per heavy atom. The quantitative estimate of drug-likeness (QED) is 0.712. The number of aromatic nitrogens is 2. The van der Waals surface area contributed by atoms with E-state index in [0.29, 0.717) is 19.6 Å². The van der Waals surface area contributed by atoms with Crippen LogP contribution >= 0.6 is 0 Å². The number of imidazole rings is 1. The van der Waals surface area contributed by atoms with Gasteiger partial charge in [-0.05, 0) is 43.5 Å². The van der Waals surface area contributed by atoms with Gasteiger partial charge in [-0.1, -0.05) is 12.1 Å². The van der Waals surface area contributed by atoms with E-state index in [0.717, 1.165) is 38.2 Å². The first-order chi connectivity index (χ1) is 12.2. The molecule has 1 aliphatic heterocycles. The van der Waals surface area contributed by atoms with Gasteiger partial charge in [-0.3, -0.25) is 4.90 Å². The van der Waals surface area contributed by atoms with Crippen LogP contribution in [0.15, 0.2) is 43.0 Å². The molecule has 1 fully saturated rings. The van der Waals surface area contributed by atoms with E-state index >= 15 is 0 Å². The number of ether oxygens (including phenoxy) is 1. The lowest BCUT2D eigenvalue weighted by Crippen LogP contribution is -2.49. The van der Waals surface area contributed by atoms with Gasteiger partial charge >= 0.3 is 0 Å². The number of aliphatic hydroxyl groups excluding tert-OH is 1. The molecule has 136 valence electrons. The minimum Gasteiger partial charge on any atom is -0.494 e.